The van der Waals surface area contributed by atoms with Crippen LogP contribution < -0.4 is 10.6 Å². The van der Waals surface area contributed by atoms with Crippen LogP contribution in [-0.2, 0) is 9.84 Å². The number of sulfone groups is 1. The fourth-order valence-electron chi connectivity index (χ4n) is 3.46. The topological polar surface area (TPSA) is 79.5 Å². The van der Waals surface area contributed by atoms with Gasteiger partial charge in [-0.3, -0.25) is 4.90 Å². The molecule has 0 amide bonds. The molecule has 1 aromatic heterocycles. The minimum atomic E-state index is -2.95. The monoisotopic (exact) mass is 330 g/mol. The Kier molecular flexibility index (Phi) is 4.22. The summed E-state index contributed by atoms with van der Waals surface area (Å²) in [5.41, 5.74) is 5.63. The largest absolute Gasteiger partial charge is 0.346 e. The maximum absolute atomic E-state index is 12.0. The molecule has 2 aliphatic rings. The van der Waals surface area contributed by atoms with Gasteiger partial charge in [-0.1, -0.05) is 0 Å². The maximum Gasteiger partial charge on any atom is 0.185 e. The Labute approximate surface area is 129 Å². The molecule has 1 aromatic rings. The van der Waals surface area contributed by atoms with Crippen LogP contribution in [0.25, 0.3) is 0 Å². The number of anilines is 1. The van der Waals surface area contributed by atoms with Gasteiger partial charge in [0.1, 0.15) is 0 Å². The number of hydrogen-bond donors (Lipinski definition) is 1. The highest BCUT2D eigenvalue weighted by molar-refractivity contribution is 7.91. The highest BCUT2D eigenvalue weighted by Gasteiger charge is 2.43. The zero-order valence-electron chi connectivity index (χ0n) is 12.1. The van der Waals surface area contributed by atoms with Crippen molar-refractivity contribution in [3.63, 3.8) is 0 Å². The summed E-state index contributed by atoms with van der Waals surface area (Å²) in [6.45, 7) is 3.90. The summed E-state index contributed by atoms with van der Waals surface area (Å²) < 4.78 is 24.0. The molecule has 0 aliphatic carbocycles. The number of nitrogens with zero attached hydrogens (tertiary/aromatic N) is 3. The van der Waals surface area contributed by atoms with Gasteiger partial charge in [-0.05, 0) is 12.8 Å². The van der Waals surface area contributed by atoms with Crippen LogP contribution in [-0.4, -0.2) is 68.1 Å². The first-order valence-electron chi connectivity index (χ1n) is 7.35. The molecule has 3 heterocycles. The quantitative estimate of drug-likeness (QED) is 0.851. The van der Waals surface area contributed by atoms with E-state index in [0.717, 1.165) is 44.2 Å². The van der Waals surface area contributed by atoms with E-state index < -0.39 is 9.84 Å². The Hall–Kier alpha value is -0.700. The molecule has 1 unspecified atom stereocenters. The van der Waals surface area contributed by atoms with Crippen molar-refractivity contribution in [1.82, 2.24) is 9.88 Å². The van der Waals surface area contributed by atoms with Crippen molar-refractivity contribution >= 4 is 26.3 Å². The van der Waals surface area contributed by atoms with E-state index in [9.17, 15) is 8.42 Å². The highest BCUT2D eigenvalue weighted by Crippen LogP contribution is 2.30. The normalized spacial score (nSPS) is 30.4. The number of piperazine rings is 1. The molecule has 2 saturated heterocycles. The summed E-state index contributed by atoms with van der Waals surface area (Å²) >= 11 is 1.65. The van der Waals surface area contributed by atoms with Crippen molar-refractivity contribution in [3.05, 3.63) is 11.6 Å². The van der Waals surface area contributed by atoms with Gasteiger partial charge < -0.3 is 10.6 Å². The summed E-state index contributed by atoms with van der Waals surface area (Å²) in [7, 11) is -2.95. The van der Waals surface area contributed by atoms with E-state index in [4.69, 9.17) is 5.73 Å². The Morgan fingerprint density at radius 2 is 2.10 bits per heavy atom. The van der Waals surface area contributed by atoms with Crippen LogP contribution in [0.15, 0.2) is 11.6 Å². The van der Waals surface area contributed by atoms with Crippen molar-refractivity contribution in [2.75, 3.05) is 49.1 Å². The number of nitrogens with two attached hydrogens (primary N) is 1. The van der Waals surface area contributed by atoms with Crippen LogP contribution >= 0.6 is 11.3 Å². The first-order valence-corrected chi connectivity index (χ1v) is 10.0. The predicted octanol–water partition coefficient (Wildman–Crippen LogP) is 0.171. The maximum atomic E-state index is 12.0. The van der Waals surface area contributed by atoms with E-state index in [1.54, 1.807) is 11.3 Å². The Bertz CT molecular complexity index is 567. The molecule has 2 aliphatic heterocycles. The molecule has 0 radical (unpaired) electrons. The summed E-state index contributed by atoms with van der Waals surface area (Å²) in [6.07, 6.45) is 3.44. The highest BCUT2D eigenvalue weighted by atomic mass is 32.2. The zero-order chi connectivity index (χ0) is 14.9. The molecule has 2 N–H and O–H groups in total. The lowest BCUT2D eigenvalue weighted by atomic mass is 9.92. The van der Waals surface area contributed by atoms with E-state index >= 15 is 0 Å². The molecule has 2 fully saturated rings. The van der Waals surface area contributed by atoms with Crippen molar-refractivity contribution < 1.29 is 8.42 Å². The number of rotatable bonds is 3. The standard InChI is InChI=1S/C13H22N4O2S2/c14-10-13(2-1-9-21(18,19)11-13)17-6-4-16(5-7-17)12-15-3-8-20-12/h3,8H,1-2,4-7,9-11,14H2. The molecule has 0 aromatic carbocycles. The molecule has 0 saturated carbocycles. The average molecular weight is 330 g/mol. The average Bonchev–Trinajstić information content (AvgIpc) is 3.00. The molecule has 6 nitrogen and oxygen atoms in total. The van der Waals surface area contributed by atoms with E-state index in [2.05, 4.69) is 14.8 Å². The molecule has 0 bridgehead atoms. The van der Waals surface area contributed by atoms with Gasteiger partial charge in [0.05, 0.1) is 11.5 Å². The van der Waals surface area contributed by atoms with Gasteiger partial charge in [0.15, 0.2) is 15.0 Å². The van der Waals surface area contributed by atoms with Gasteiger partial charge in [-0.15, -0.1) is 11.3 Å². The summed E-state index contributed by atoms with van der Waals surface area (Å²) in [6, 6.07) is 0. The molecular formula is C13H22N4O2S2. The second kappa shape index (κ2) is 5.83. The zero-order valence-corrected chi connectivity index (χ0v) is 13.7. The Morgan fingerprint density at radius 1 is 1.33 bits per heavy atom. The molecule has 118 valence electrons. The van der Waals surface area contributed by atoms with Crippen molar-refractivity contribution in [2.45, 2.75) is 18.4 Å². The minimum Gasteiger partial charge on any atom is -0.346 e. The Balaban J connectivity index is 1.70. The van der Waals surface area contributed by atoms with Crippen LogP contribution in [0, 0.1) is 0 Å². The fraction of sp³-hybridized carbons (Fsp3) is 0.769. The van der Waals surface area contributed by atoms with Gasteiger partial charge in [-0.2, -0.15) is 0 Å². The minimum absolute atomic E-state index is 0.216. The molecule has 1 atom stereocenters. The van der Waals surface area contributed by atoms with Gasteiger partial charge in [-0.25, -0.2) is 13.4 Å². The lowest BCUT2D eigenvalue weighted by molar-refractivity contribution is 0.0928. The van der Waals surface area contributed by atoms with Gasteiger partial charge >= 0.3 is 0 Å². The van der Waals surface area contributed by atoms with Crippen molar-refractivity contribution in [1.29, 1.82) is 0 Å². The van der Waals surface area contributed by atoms with E-state index in [0.29, 0.717) is 12.3 Å². The van der Waals surface area contributed by atoms with E-state index in [-0.39, 0.29) is 11.3 Å². The summed E-state index contributed by atoms with van der Waals surface area (Å²) in [5.74, 6) is 0.529. The second-order valence-corrected chi connectivity index (χ2v) is 8.97. The van der Waals surface area contributed by atoms with Crippen molar-refractivity contribution in [3.8, 4) is 0 Å². The third kappa shape index (κ3) is 3.08. The van der Waals surface area contributed by atoms with Crippen LogP contribution in [0.2, 0.25) is 0 Å². The fourth-order valence-corrected chi connectivity index (χ4v) is 6.15. The van der Waals surface area contributed by atoms with Gasteiger partial charge in [0, 0.05) is 49.8 Å². The van der Waals surface area contributed by atoms with Crippen LogP contribution in [0.4, 0.5) is 5.13 Å². The first kappa shape index (κ1) is 15.2. The SMILES string of the molecule is NCC1(N2CCN(c3nccs3)CC2)CCCS(=O)(=O)C1. The molecule has 0 spiro atoms. The summed E-state index contributed by atoms with van der Waals surface area (Å²) in [5, 5.41) is 3.03. The number of thiazole rings is 1. The van der Waals surface area contributed by atoms with Crippen LogP contribution in [0.3, 0.4) is 0 Å². The van der Waals surface area contributed by atoms with Crippen LogP contribution in [0.1, 0.15) is 12.8 Å². The van der Waals surface area contributed by atoms with E-state index in [1.165, 1.54) is 0 Å². The third-order valence-corrected chi connectivity index (χ3v) is 7.33. The molecule has 21 heavy (non-hydrogen) atoms. The van der Waals surface area contributed by atoms with Gasteiger partial charge in [0.25, 0.3) is 0 Å². The second-order valence-electron chi connectivity index (χ2n) is 5.91. The molecular weight excluding hydrogens is 308 g/mol. The van der Waals surface area contributed by atoms with Crippen molar-refractivity contribution in [2.24, 2.45) is 5.73 Å². The smallest absolute Gasteiger partial charge is 0.185 e. The molecule has 8 heteroatoms. The number of aromatic nitrogens is 1. The van der Waals surface area contributed by atoms with E-state index in [1.807, 2.05) is 11.6 Å². The molecule has 3 rings (SSSR count). The first-order chi connectivity index (χ1) is 10.0. The summed E-state index contributed by atoms with van der Waals surface area (Å²) in [4.78, 5) is 8.91. The number of hydrogen-bond acceptors (Lipinski definition) is 7. The van der Waals surface area contributed by atoms with Crippen LogP contribution in [0.5, 0.6) is 0 Å². The predicted molar refractivity (Wildman–Crippen MR) is 85.6 cm³/mol. The lowest BCUT2D eigenvalue weighted by Gasteiger charge is -2.48. The Morgan fingerprint density at radius 3 is 2.67 bits per heavy atom. The van der Waals surface area contributed by atoms with Gasteiger partial charge in [0.2, 0.25) is 0 Å². The lowest BCUT2D eigenvalue weighted by Crippen LogP contribution is -2.64. The third-order valence-electron chi connectivity index (χ3n) is 4.61.